The van der Waals surface area contributed by atoms with Crippen molar-refractivity contribution in [3.05, 3.63) is 76.8 Å². The first-order valence-electron chi connectivity index (χ1n) is 7.90. The molecule has 3 rings (SSSR count). The number of hydrogen-bond acceptors (Lipinski definition) is 3. The molecule has 0 aliphatic heterocycles. The lowest BCUT2D eigenvalue weighted by Crippen LogP contribution is -2.04. The normalized spacial score (nSPS) is 11.9. The lowest BCUT2D eigenvalue weighted by molar-refractivity contribution is -0.137. The van der Waals surface area contributed by atoms with Gasteiger partial charge in [0.05, 0.1) is 5.56 Å². The molecule has 27 heavy (non-hydrogen) atoms. The third-order valence-corrected chi connectivity index (χ3v) is 4.00. The number of pyridine rings is 1. The van der Waals surface area contributed by atoms with Crippen LogP contribution in [0.1, 0.15) is 32.8 Å². The maximum Gasteiger partial charge on any atom is 0.416 e. The number of carboxylic acid groups (broad SMARTS) is 1. The fourth-order valence-corrected chi connectivity index (χ4v) is 2.65. The average Bonchev–Trinajstić information content (AvgIpc) is 2.97. The zero-order valence-corrected chi connectivity index (χ0v) is 14.1. The van der Waals surface area contributed by atoms with Crippen molar-refractivity contribution in [3.8, 4) is 11.3 Å². The van der Waals surface area contributed by atoms with Crippen LogP contribution in [0.2, 0.25) is 0 Å². The Kier molecular flexibility index (Phi) is 4.85. The van der Waals surface area contributed by atoms with Crippen molar-refractivity contribution in [2.45, 2.75) is 13.1 Å². The van der Waals surface area contributed by atoms with Crippen molar-refractivity contribution in [1.29, 1.82) is 0 Å². The van der Waals surface area contributed by atoms with Crippen LogP contribution in [-0.2, 0) is 6.18 Å². The van der Waals surface area contributed by atoms with E-state index in [0.717, 1.165) is 17.7 Å². The molecule has 0 aliphatic rings. The maximum absolute atomic E-state index is 12.7. The highest BCUT2D eigenvalue weighted by molar-refractivity contribution is 5.96. The molecule has 138 valence electrons. The summed E-state index contributed by atoms with van der Waals surface area (Å²) in [5, 5.41) is 9.50. The molecule has 0 unspecified atom stereocenters. The molecule has 0 spiro atoms. The molecular formula is C20H14F3NO3. The second kappa shape index (κ2) is 7.11. The summed E-state index contributed by atoms with van der Waals surface area (Å²) in [6.45, 7) is 1.56. The zero-order chi connectivity index (χ0) is 19.6. The van der Waals surface area contributed by atoms with Crippen LogP contribution < -0.4 is 0 Å². The van der Waals surface area contributed by atoms with Gasteiger partial charge in [0.25, 0.3) is 0 Å². The number of halogens is 3. The Labute approximate surface area is 152 Å². The van der Waals surface area contributed by atoms with E-state index in [1.54, 1.807) is 37.5 Å². The Hall–Kier alpha value is -3.35. The first-order chi connectivity index (χ1) is 12.8. The summed E-state index contributed by atoms with van der Waals surface area (Å²) in [7, 11) is 0. The molecule has 0 radical (unpaired) electrons. The van der Waals surface area contributed by atoms with Gasteiger partial charge in [0.1, 0.15) is 17.1 Å². The lowest BCUT2D eigenvalue weighted by atomic mass is 10.0. The van der Waals surface area contributed by atoms with Crippen LogP contribution in [0.4, 0.5) is 13.2 Å². The lowest BCUT2D eigenvalue weighted by Gasteiger charge is -2.07. The summed E-state index contributed by atoms with van der Waals surface area (Å²) < 4.78 is 43.8. The van der Waals surface area contributed by atoms with Crippen LogP contribution in [0, 0.1) is 6.92 Å². The van der Waals surface area contributed by atoms with E-state index >= 15 is 0 Å². The number of aromatic nitrogens is 1. The van der Waals surface area contributed by atoms with E-state index in [-0.39, 0.29) is 17.1 Å². The minimum atomic E-state index is -4.44. The summed E-state index contributed by atoms with van der Waals surface area (Å²) in [6.07, 6.45) is 1.93. The van der Waals surface area contributed by atoms with Crippen molar-refractivity contribution < 1.29 is 27.5 Å². The van der Waals surface area contributed by atoms with Crippen molar-refractivity contribution in [2.24, 2.45) is 0 Å². The molecule has 1 N–H and O–H groups in total. The second-order valence-corrected chi connectivity index (χ2v) is 5.79. The molecule has 0 fully saturated rings. The van der Waals surface area contributed by atoms with Crippen molar-refractivity contribution in [3.63, 3.8) is 0 Å². The van der Waals surface area contributed by atoms with Gasteiger partial charge in [-0.15, -0.1) is 0 Å². The number of rotatable bonds is 4. The molecular weight excluding hydrogens is 359 g/mol. The minimum Gasteiger partial charge on any atom is -0.478 e. The van der Waals surface area contributed by atoms with E-state index in [9.17, 15) is 23.1 Å². The highest BCUT2D eigenvalue weighted by Gasteiger charge is 2.30. The molecule has 0 atom stereocenters. The fraction of sp³-hybridized carbons (Fsp3) is 0.100. The third kappa shape index (κ3) is 3.92. The maximum atomic E-state index is 12.7. The summed E-state index contributed by atoms with van der Waals surface area (Å²) >= 11 is 0. The molecule has 0 bridgehead atoms. The van der Waals surface area contributed by atoms with E-state index < -0.39 is 17.7 Å². The summed E-state index contributed by atoms with van der Waals surface area (Å²) in [6, 6.07) is 7.87. The largest absolute Gasteiger partial charge is 0.478 e. The highest BCUT2D eigenvalue weighted by atomic mass is 19.4. The molecule has 0 amide bonds. The zero-order valence-electron chi connectivity index (χ0n) is 14.1. The minimum absolute atomic E-state index is 0.0322. The molecule has 2 heterocycles. The van der Waals surface area contributed by atoms with Gasteiger partial charge in [-0.05, 0) is 42.8 Å². The number of alkyl halides is 3. The van der Waals surface area contributed by atoms with Crippen LogP contribution in [0.15, 0.2) is 53.2 Å². The van der Waals surface area contributed by atoms with E-state index in [4.69, 9.17) is 4.42 Å². The number of hydrogen-bond donors (Lipinski definition) is 1. The molecule has 1 aromatic carbocycles. The van der Waals surface area contributed by atoms with Crippen LogP contribution >= 0.6 is 0 Å². The van der Waals surface area contributed by atoms with Crippen LogP contribution in [-0.4, -0.2) is 16.1 Å². The number of nitrogens with zero attached hydrogens (tertiary/aromatic N) is 1. The third-order valence-electron chi connectivity index (χ3n) is 4.00. The van der Waals surface area contributed by atoms with Gasteiger partial charge in [-0.1, -0.05) is 18.2 Å². The molecule has 4 nitrogen and oxygen atoms in total. The molecule has 0 aliphatic carbocycles. The van der Waals surface area contributed by atoms with E-state index in [0.29, 0.717) is 11.1 Å². The quantitative estimate of drug-likeness (QED) is 0.652. The number of benzene rings is 1. The smallest absolute Gasteiger partial charge is 0.416 e. The van der Waals surface area contributed by atoms with Gasteiger partial charge in [0, 0.05) is 23.5 Å². The van der Waals surface area contributed by atoms with Crippen molar-refractivity contribution >= 4 is 18.1 Å². The van der Waals surface area contributed by atoms with Crippen LogP contribution in [0.5, 0.6) is 0 Å². The van der Waals surface area contributed by atoms with Crippen molar-refractivity contribution in [2.75, 3.05) is 0 Å². The first-order valence-corrected chi connectivity index (χ1v) is 7.90. The summed E-state index contributed by atoms with van der Waals surface area (Å²) in [5.41, 5.74) is 0.691. The number of aromatic carboxylic acids is 1. The molecule has 7 heteroatoms. The van der Waals surface area contributed by atoms with Crippen LogP contribution in [0.3, 0.4) is 0 Å². The molecule has 2 aromatic heterocycles. The molecule has 0 saturated heterocycles. The summed E-state index contributed by atoms with van der Waals surface area (Å²) in [5.74, 6) is -0.842. The topological polar surface area (TPSA) is 63.3 Å². The molecule has 0 saturated carbocycles. The number of carboxylic acids is 1. The van der Waals surface area contributed by atoms with Gasteiger partial charge in [-0.2, -0.15) is 13.2 Å². The Bertz CT molecular complexity index is 988. The van der Waals surface area contributed by atoms with Gasteiger partial charge in [-0.25, -0.2) is 4.79 Å². The average molecular weight is 373 g/mol. The van der Waals surface area contributed by atoms with Gasteiger partial charge in [-0.3, -0.25) is 4.98 Å². The molecule has 3 aromatic rings. The SMILES string of the molecule is Cc1c(-c2ccc(C(F)(F)F)cc2)oc(C=Cc2ccncc2)c1C(=O)O. The Morgan fingerprint density at radius 2 is 1.70 bits per heavy atom. The van der Waals surface area contributed by atoms with E-state index in [2.05, 4.69) is 4.98 Å². The van der Waals surface area contributed by atoms with Gasteiger partial charge < -0.3 is 9.52 Å². The predicted octanol–water partition coefficient (Wildman–Crippen LogP) is 5.54. The van der Waals surface area contributed by atoms with Crippen molar-refractivity contribution in [1.82, 2.24) is 4.98 Å². The second-order valence-electron chi connectivity index (χ2n) is 5.79. The first kappa shape index (κ1) is 18.4. The van der Waals surface area contributed by atoms with E-state index in [1.807, 2.05) is 0 Å². The highest BCUT2D eigenvalue weighted by Crippen LogP contribution is 2.35. The van der Waals surface area contributed by atoms with Gasteiger partial charge in [0.2, 0.25) is 0 Å². The van der Waals surface area contributed by atoms with Gasteiger partial charge >= 0.3 is 12.1 Å². The van der Waals surface area contributed by atoms with E-state index in [1.165, 1.54) is 18.2 Å². The summed E-state index contributed by atoms with van der Waals surface area (Å²) in [4.78, 5) is 15.5. The Morgan fingerprint density at radius 1 is 1.07 bits per heavy atom. The fourth-order valence-electron chi connectivity index (χ4n) is 2.65. The Balaban J connectivity index is 2.02. The van der Waals surface area contributed by atoms with Gasteiger partial charge in [0.15, 0.2) is 0 Å². The Morgan fingerprint density at radius 3 is 2.26 bits per heavy atom. The standard InChI is InChI=1S/C20H14F3NO3/c1-12-17(19(25)26)16(7-2-13-8-10-24-11-9-13)27-18(12)14-3-5-15(6-4-14)20(21,22)23/h2-11H,1H3,(H,25,26). The van der Waals surface area contributed by atoms with Crippen LogP contribution in [0.25, 0.3) is 23.5 Å². The monoisotopic (exact) mass is 373 g/mol. The number of furan rings is 1. The predicted molar refractivity (Wildman–Crippen MR) is 94.0 cm³/mol. The number of carbonyl (C=O) groups is 1.